The van der Waals surface area contributed by atoms with Crippen LogP contribution in [-0.2, 0) is 10.2 Å². The van der Waals surface area contributed by atoms with E-state index in [2.05, 4.69) is 22.3 Å². The van der Waals surface area contributed by atoms with E-state index in [9.17, 15) is 0 Å². The minimum atomic E-state index is -0.0880. The van der Waals surface area contributed by atoms with Crippen LogP contribution in [0.25, 0.3) is 0 Å². The van der Waals surface area contributed by atoms with Gasteiger partial charge >= 0.3 is 0 Å². The van der Waals surface area contributed by atoms with Gasteiger partial charge in [0.2, 0.25) is 5.89 Å². The molecule has 4 rings (SSSR count). The first kappa shape index (κ1) is 12.4. The van der Waals surface area contributed by atoms with Crippen LogP contribution in [0.3, 0.4) is 0 Å². The minimum Gasteiger partial charge on any atom is -0.381 e. The summed E-state index contributed by atoms with van der Waals surface area (Å²) in [5, 5.41) is 4.90. The van der Waals surface area contributed by atoms with Gasteiger partial charge in [0, 0.05) is 17.5 Å². The van der Waals surface area contributed by atoms with Crippen molar-refractivity contribution in [1.29, 1.82) is 0 Å². The predicted octanol–water partition coefficient (Wildman–Crippen LogP) is 3.31. The average Bonchev–Trinajstić information content (AvgIpc) is 2.93. The average molecular weight is 291 g/mol. The van der Waals surface area contributed by atoms with Crippen LogP contribution in [0.1, 0.15) is 42.5 Å². The Morgan fingerprint density at radius 3 is 2.65 bits per heavy atom. The van der Waals surface area contributed by atoms with Crippen molar-refractivity contribution in [2.45, 2.75) is 30.6 Å². The van der Waals surface area contributed by atoms with Crippen LogP contribution in [0.2, 0.25) is 5.02 Å². The van der Waals surface area contributed by atoms with Crippen LogP contribution in [0.5, 0.6) is 0 Å². The zero-order valence-electron chi connectivity index (χ0n) is 11.0. The third-order valence-electron chi connectivity index (χ3n) is 4.29. The molecule has 20 heavy (non-hydrogen) atoms. The fourth-order valence-electron chi connectivity index (χ4n) is 2.85. The van der Waals surface area contributed by atoms with Gasteiger partial charge < -0.3 is 9.26 Å². The van der Waals surface area contributed by atoms with E-state index in [4.69, 9.17) is 20.9 Å². The summed E-state index contributed by atoms with van der Waals surface area (Å²) in [6, 6.07) is 7.94. The van der Waals surface area contributed by atoms with Gasteiger partial charge in [0.05, 0.1) is 12.0 Å². The molecule has 1 saturated heterocycles. The zero-order chi connectivity index (χ0) is 13.6. The van der Waals surface area contributed by atoms with Crippen molar-refractivity contribution < 1.29 is 9.26 Å². The van der Waals surface area contributed by atoms with Gasteiger partial charge in [-0.2, -0.15) is 4.98 Å². The Kier molecular flexibility index (Phi) is 2.82. The number of halogens is 1. The van der Waals surface area contributed by atoms with E-state index in [0.717, 1.165) is 42.6 Å². The Morgan fingerprint density at radius 1 is 1.20 bits per heavy atom. The van der Waals surface area contributed by atoms with Crippen molar-refractivity contribution in [2.75, 3.05) is 13.2 Å². The van der Waals surface area contributed by atoms with Crippen molar-refractivity contribution >= 4 is 11.6 Å². The third kappa shape index (κ3) is 1.95. The number of hydrogen-bond donors (Lipinski definition) is 0. The van der Waals surface area contributed by atoms with E-state index in [1.165, 1.54) is 5.56 Å². The highest BCUT2D eigenvalue weighted by atomic mass is 35.5. The van der Waals surface area contributed by atoms with E-state index < -0.39 is 0 Å². The van der Waals surface area contributed by atoms with E-state index in [1.807, 2.05) is 12.1 Å². The summed E-state index contributed by atoms with van der Waals surface area (Å²) in [5.41, 5.74) is 1.12. The first-order valence-corrected chi connectivity index (χ1v) is 7.34. The molecule has 5 heteroatoms. The molecule has 0 N–H and O–H groups in total. The van der Waals surface area contributed by atoms with E-state index >= 15 is 0 Å². The standard InChI is InChI=1S/C15H15ClN2O2/c16-12-3-1-11(2-4-12)15(6-7-15)14-17-13(18-20-14)10-5-8-19-9-10/h1-4,10H,5-9H2/t10-/m0/s1. The molecule has 1 saturated carbocycles. The molecule has 0 spiro atoms. The topological polar surface area (TPSA) is 48.2 Å². The lowest BCUT2D eigenvalue weighted by molar-refractivity contribution is 0.192. The second-order valence-electron chi connectivity index (χ2n) is 5.61. The monoisotopic (exact) mass is 290 g/mol. The van der Waals surface area contributed by atoms with Gasteiger partial charge in [-0.05, 0) is 37.0 Å². The van der Waals surface area contributed by atoms with E-state index in [-0.39, 0.29) is 11.3 Å². The first-order valence-electron chi connectivity index (χ1n) is 6.96. The van der Waals surface area contributed by atoms with Crippen molar-refractivity contribution in [3.63, 3.8) is 0 Å². The molecule has 2 fully saturated rings. The van der Waals surface area contributed by atoms with Gasteiger partial charge in [0.1, 0.15) is 0 Å². The number of aromatic nitrogens is 2. The van der Waals surface area contributed by atoms with Gasteiger partial charge in [0.25, 0.3) is 0 Å². The first-order chi connectivity index (χ1) is 9.78. The number of rotatable bonds is 3. The van der Waals surface area contributed by atoms with E-state index in [1.54, 1.807) is 0 Å². The van der Waals surface area contributed by atoms with Crippen LogP contribution in [-0.4, -0.2) is 23.4 Å². The maximum absolute atomic E-state index is 5.95. The number of nitrogens with zero attached hydrogens (tertiary/aromatic N) is 2. The maximum atomic E-state index is 5.95. The Morgan fingerprint density at radius 2 is 2.00 bits per heavy atom. The Hall–Kier alpha value is -1.39. The zero-order valence-corrected chi connectivity index (χ0v) is 11.8. The van der Waals surface area contributed by atoms with Gasteiger partial charge in [-0.3, -0.25) is 0 Å². The molecule has 2 aliphatic rings. The highest BCUT2D eigenvalue weighted by Gasteiger charge is 2.51. The predicted molar refractivity (Wildman–Crippen MR) is 73.9 cm³/mol. The molecule has 0 unspecified atom stereocenters. The Balaban J connectivity index is 1.65. The quantitative estimate of drug-likeness (QED) is 0.870. The number of hydrogen-bond acceptors (Lipinski definition) is 4. The fourth-order valence-corrected chi connectivity index (χ4v) is 2.98. The molecule has 2 aromatic rings. The lowest BCUT2D eigenvalue weighted by Crippen LogP contribution is -2.09. The largest absolute Gasteiger partial charge is 0.381 e. The lowest BCUT2D eigenvalue weighted by Gasteiger charge is -2.10. The smallest absolute Gasteiger partial charge is 0.237 e. The van der Waals surface area contributed by atoms with Crippen LogP contribution >= 0.6 is 11.6 Å². The summed E-state index contributed by atoms with van der Waals surface area (Å²) in [5.74, 6) is 1.81. The minimum absolute atomic E-state index is 0.0880. The fraction of sp³-hybridized carbons (Fsp3) is 0.467. The lowest BCUT2D eigenvalue weighted by atomic mass is 9.96. The van der Waals surface area contributed by atoms with E-state index in [0.29, 0.717) is 6.61 Å². The normalized spacial score (nSPS) is 23.9. The van der Waals surface area contributed by atoms with Gasteiger partial charge in [-0.15, -0.1) is 0 Å². The molecule has 4 nitrogen and oxygen atoms in total. The van der Waals surface area contributed by atoms with Crippen molar-refractivity contribution in [3.05, 3.63) is 46.6 Å². The highest BCUT2D eigenvalue weighted by Crippen LogP contribution is 2.53. The van der Waals surface area contributed by atoms with Crippen molar-refractivity contribution in [1.82, 2.24) is 10.1 Å². The summed E-state index contributed by atoms with van der Waals surface area (Å²) in [7, 11) is 0. The SMILES string of the molecule is Clc1ccc(C2(c3nc([C@H]4CCOC4)no3)CC2)cc1. The number of ether oxygens (including phenoxy) is 1. The number of benzene rings is 1. The summed E-state index contributed by atoms with van der Waals surface area (Å²) >= 11 is 5.95. The summed E-state index contributed by atoms with van der Waals surface area (Å²) in [6.45, 7) is 1.49. The van der Waals surface area contributed by atoms with Crippen molar-refractivity contribution in [3.8, 4) is 0 Å². The Labute approximate surface area is 122 Å². The molecule has 1 aromatic carbocycles. The molecule has 0 bridgehead atoms. The molecule has 104 valence electrons. The van der Waals surface area contributed by atoms with Gasteiger partial charge in [0.15, 0.2) is 5.82 Å². The Bertz CT molecular complexity index is 613. The maximum Gasteiger partial charge on any atom is 0.237 e. The van der Waals surface area contributed by atoms with Gasteiger partial charge in [-0.25, -0.2) is 0 Å². The molecule has 0 radical (unpaired) electrons. The van der Waals surface area contributed by atoms with Crippen molar-refractivity contribution in [2.24, 2.45) is 0 Å². The molecule has 1 aromatic heterocycles. The molecule has 1 atom stereocenters. The second-order valence-corrected chi connectivity index (χ2v) is 6.04. The molecular weight excluding hydrogens is 276 g/mol. The second kappa shape index (κ2) is 4.57. The summed E-state index contributed by atoms with van der Waals surface area (Å²) in [6.07, 6.45) is 3.09. The van der Waals surface area contributed by atoms with Crippen LogP contribution in [0.4, 0.5) is 0 Å². The molecule has 1 aliphatic carbocycles. The molecule has 1 aliphatic heterocycles. The molecule has 2 heterocycles. The van der Waals surface area contributed by atoms with Crippen LogP contribution in [0, 0.1) is 0 Å². The molecule has 0 amide bonds. The summed E-state index contributed by atoms with van der Waals surface area (Å²) < 4.78 is 10.9. The summed E-state index contributed by atoms with van der Waals surface area (Å²) in [4.78, 5) is 4.63. The van der Waals surface area contributed by atoms with Gasteiger partial charge in [-0.1, -0.05) is 28.9 Å². The highest BCUT2D eigenvalue weighted by molar-refractivity contribution is 6.30. The third-order valence-corrected chi connectivity index (χ3v) is 4.54. The van der Waals surface area contributed by atoms with Crippen LogP contribution in [0.15, 0.2) is 28.8 Å². The molecular formula is C15H15ClN2O2. The van der Waals surface area contributed by atoms with Crippen LogP contribution < -0.4 is 0 Å².